The van der Waals surface area contributed by atoms with Crippen molar-refractivity contribution < 1.29 is 9.18 Å². The second-order valence-corrected chi connectivity index (χ2v) is 6.93. The van der Waals surface area contributed by atoms with E-state index in [1.165, 1.54) is 18.5 Å². The normalized spacial score (nSPS) is 19.0. The molecule has 0 saturated heterocycles. The molecule has 1 aliphatic rings. The Kier molecular flexibility index (Phi) is 4.66. The topological polar surface area (TPSA) is 51.0 Å². The highest BCUT2D eigenvalue weighted by Crippen LogP contribution is 2.42. The van der Waals surface area contributed by atoms with Crippen LogP contribution < -0.4 is 4.90 Å². The van der Waals surface area contributed by atoms with Crippen LogP contribution in [0.25, 0.3) is 0 Å². The van der Waals surface area contributed by atoms with Gasteiger partial charge in [-0.05, 0) is 41.8 Å². The van der Waals surface area contributed by atoms with E-state index in [2.05, 4.69) is 10.1 Å². The molecule has 7 heteroatoms. The first-order valence-electron chi connectivity index (χ1n) is 8.81. The van der Waals surface area contributed by atoms with Crippen molar-refractivity contribution in [1.29, 1.82) is 0 Å². The van der Waals surface area contributed by atoms with Gasteiger partial charge in [-0.3, -0.25) is 9.69 Å². The molecule has 2 atom stereocenters. The minimum Gasteiger partial charge on any atom is -0.274 e. The number of aromatic nitrogens is 3. The SMILES string of the molecule is CCC(=O)N1c2ncnn2[C@@H](c2ccc(F)cc2)C[C@H]1c1ccc(Cl)cc1. The summed E-state index contributed by atoms with van der Waals surface area (Å²) in [6.45, 7) is 1.83. The summed E-state index contributed by atoms with van der Waals surface area (Å²) in [4.78, 5) is 18.8. The molecule has 0 fully saturated rings. The molecule has 1 aliphatic heterocycles. The van der Waals surface area contributed by atoms with Crippen LogP contribution in [0.2, 0.25) is 5.02 Å². The molecule has 0 aliphatic carbocycles. The molecule has 4 rings (SSSR count). The van der Waals surface area contributed by atoms with E-state index in [0.29, 0.717) is 23.8 Å². The second-order valence-electron chi connectivity index (χ2n) is 6.49. The van der Waals surface area contributed by atoms with Gasteiger partial charge in [0.05, 0.1) is 12.1 Å². The largest absolute Gasteiger partial charge is 0.274 e. The van der Waals surface area contributed by atoms with Crippen molar-refractivity contribution >= 4 is 23.5 Å². The van der Waals surface area contributed by atoms with Gasteiger partial charge in [-0.1, -0.05) is 42.8 Å². The number of hydrogen-bond donors (Lipinski definition) is 0. The van der Waals surface area contributed by atoms with Gasteiger partial charge < -0.3 is 0 Å². The minimum atomic E-state index is -0.287. The van der Waals surface area contributed by atoms with Crippen LogP contribution in [0.5, 0.6) is 0 Å². The van der Waals surface area contributed by atoms with E-state index in [1.54, 1.807) is 21.7 Å². The minimum absolute atomic E-state index is 0.0262. The van der Waals surface area contributed by atoms with Crippen molar-refractivity contribution in [3.63, 3.8) is 0 Å². The summed E-state index contributed by atoms with van der Waals surface area (Å²) in [5.41, 5.74) is 1.90. The highest BCUT2D eigenvalue weighted by Gasteiger charge is 2.38. The van der Waals surface area contributed by atoms with Gasteiger partial charge >= 0.3 is 0 Å². The maximum atomic E-state index is 13.4. The first kappa shape index (κ1) is 17.7. The highest BCUT2D eigenvalue weighted by atomic mass is 35.5. The smallest absolute Gasteiger partial charge is 0.231 e. The third-order valence-corrected chi connectivity index (χ3v) is 5.16. The Balaban J connectivity index is 1.83. The van der Waals surface area contributed by atoms with Crippen molar-refractivity contribution in [2.75, 3.05) is 4.90 Å². The van der Waals surface area contributed by atoms with Crippen LogP contribution in [0.4, 0.5) is 10.3 Å². The summed E-state index contributed by atoms with van der Waals surface area (Å²) in [6.07, 6.45) is 2.42. The van der Waals surface area contributed by atoms with Crippen LogP contribution in [0.3, 0.4) is 0 Å². The van der Waals surface area contributed by atoms with Gasteiger partial charge in [0.15, 0.2) is 0 Å². The number of amides is 1. The zero-order valence-corrected chi connectivity index (χ0v) is 15.5. The molecule has 0 N–H and O–H groups in total. The fourth-order valence-corrected chi connectivity index (χ4v) is 3.71. The van der Waals surface area contributed by atoms with Crippen LogP contribution in [0, 0.1) is 5.82 Å². The zero-order chi connectivity index (χ0) is 19.0. The fraction of sp³-hybridized carbons (Fsp3) is 0.250. The van der Waals surface area contributed by atoms with E-state index in [-0.39, 0.29) is 23.8 Å². The Hall–Kier alpha value is -2.73. The van der Waals surface area contributed by atoms with Gasteiger partial charge in [-0.2, -0.15) is 10.1 Å². The van der Waals surface area contributed by atoms with Crippen molar-refractivity contribution in [3.8, 4) is 0 Å². The molecule has 1 aromatic heterocycles. The maximum absolute atomic E-state index is 13.4. The first-order valence-corrected chi connectivity index (χ1v) is 9.18. The van der Waals surface area contributed by atoms with Crippen molar-refractivity contribution in [3.05, 3.63) is 76.8 Å². The summed E-state index contributed by atoms with van der Waals surface area (Å²) >= 11 is 6.04. The lowest BCUT2D eigenvalue weighted by Crippen LogP contribution is -2.42. The Labute approximate surface area is 161 Å². The predicted molar refractivity (Wildman–Crippen MR) is 101 cm³/mol. The summed E-state index contributed by atoms with van der Waals surface area (Å²) in [5, 5.41) is 4.98. The van der Waals surface area contributed by atoms with Crippen LogP contribution in [-0.2, 0) is 4.79 Å². The summed E-state index contributed by atoms with van der Waals surface area (Å²) in [7, 11) is 0. The molecule has 0 bridgehead atoms. The number of rotatable bonds is 3. The monoisotopic (exact) mass is 384 g/mol. The molecule has 1 amide bonds. The molecular weight excluding hydrogens is 367 g/mol. The van der Waals surface area contributed by atoms with Gasteiger partial charge in [0.2, 0.25) is 11.9 Å². The molecule has 3 aromatic rings. The quantitative estimate of drug-likeness (QED) is 0.665. The summed E-state index contributed by atoms with van der Waals surface area (Å²) in [6, 6.07) is 13.5. The number of anilines is 1. The predicted octanol–water partition coefficient (Wildman–Crippen LogP) is 4.55. The summed E-state index contributed by atoms with van der Waals surface area (Å²) < 4.78 is 15.1. The van der Waals surface area contributed by atoms with Crippen LogP contribution in [-0.4, -0.2) is 20.7 Å². The molecule has 0 radical (unpaired) electrons. The lowest BCUT2D eigenvalue weighted by molar-refractivity contribution is -0.119. The number of nitrogens with zero attached hydrogens (tertiary/aromatic N) is 4. The van der Waals surface area contributed by atoms with Crippen LogP contribution in [0.15, 0.2) is 54.9 Å². The number of halogens is 2. The van der Waals surface area contributed by atoms with Gasteiger partial charge in [0, 0.05) is 11.4 Å². The molecule has 2 heterocycles. The molecule has 0 saturated carbocycles. The van der Waals surface area contributed by atoms with Crippen LogP contribution in [0.1, 0.15) is 43.0 Å². The van der Waals surface area contributed by atoms with E-state index in [4.69, 9.17) is 11.6 Å². The Morgan fingerprint density at radius 1 is 1.11 bits per heavy atom. The third kappa shape index (κ3) is 3.21. The average molecular weight is 385 g/mol. The van der Waals surface area contributed by atoms with Crippen molar-refractivity contribution in [2.45, 2.75) is 31.8 Å². The lowest BCUT2D eigenvalue weighted by Gasteiger charge is -2.39. The van der Waals surface area contributed by atoms with E-state index in [9.17, 15) is 9.18 Å². The van der Waals surface area contributed by atoms with E-state index in [1.807, 2.05) is 31.2 Å². The van der Waals surface area contributed by atoms with E-state index < -0.39 is 0 Å². The molecular formula is C20H18ClFN4O. The molecule has 5 nitrogen and oxygen atoms in total. The maximum Gasteiger partial charge on any atom is 0.231 e. The Morgan fingerprint density at radius 3 is 2.41 bits per heavy atom. The molecule has 138 valence electrons. The average Bonchev–Trinajstić information content (AvgIpc) is 3.17. The highest BCUT2D eigenvalue weighted by molar-refractivity contribution is 6.30. The second kappa shape index (κ2) is 7.12. The molecule has 27 heavy (non-hydrogen) atoms. The fourth-order valence-electron chi connectivity index (χ4n) is 3.58. The van der Waals surface area contributed by atoms with Gasteiger partial charge in [0.1, 0.15) is 12.1 Å². The first-order chi connectivity index (χ1) is 13.1. The molecule has 0 spiro atoms. The van der Waals surface area contributed by atoms with E-state index in [0.717, 1.165) is 11.1 Å². The number of fused-ring (bicyclic) bond motifs is 1. The van der Waals surface area contributed by atoms with Crippen molar-refractivity contribution in [2.24, 2.45) is 0 Å². The lowest BCUT2D eigenvalue weighted by atomic mass is 9.92. The van der Waals surface area contributed by atoms with Crippen LogP contribution >= 0.6 is 11.6 Å². The molecule has 0 unspecified atom stereocenters. The Morgan fingerprint density at radius 2 is 1.74 bits per heavy atom. The molecule has 2 aromatic carbocycles. The zero-order valence-electron chi connectivity index (χ0n) is 14.7. The number of benzene rings is 2. The van der Waals surface area contributed by atoms with Crippen molar-refractivity contribution in [1.82, 2.24) is 14.8 Å². The van der Waals surface area contributed by atoms with Gasteiger partial charge in [-0.15, -0.1) is 0 Å². The third-order valence-electron chi connectivity index (χ3n) is 4.90. The summed E-state index contributed by atoms with van der Waals surface area (Å²) in [5.74, 6) is 0.189. The number of hydrogen-bond acceptors (Lipinski definition) is 3. The Bertz CT molecular complexity index is 955. The van der Waals surface area contributed by atoms with Gasteiger partial charge in [-0.25, -0.2) is 9.07 Å². The van der Waals surface area contributed by atoms with Gasteiger partial charge in [0.25, 0.3) is 0 Å². The number of carbonyl (C=O) groups excluding carboxylic acids is 1. The number of carbonyl (C=O) groups is 1. The van der Waals surface area contributed by atoms with E-state index >= 15 is 0 Å². The standard InChI is InChI=1S/C20H18ClFN4O/c1-2-19(27)25-17(13-3-7-15(21)8-4-13)11-18(26-20(25)23-12-24-26)14-5-9-16(22)10-6-14/h3-10,12,17-18H,2,11H2,1H3/t17-,18+/m0/s1.